The highest BCUT2D eigenvalue weighted by molar-refractivity contribution is 8.00. The Morgan fingerprint density at radius 2 is 2.02 bits per heavy atom. The summed E-state index contributed by atoms with van der Waals surface area (Å²) in [6.07, 6.45) is 1.51. The number of carbonyl (C=O) groups is 4. The normalized spacial score (nSPS) is 18.2. The summed E-state index contributed by atoms with van der Waals surface area (Å²) >= 11 is 8.28. The lowest BCUT2D eigenvalue weighted by atomic mass is 10.0. The Balaban J connectivity index is 1.27. The summed E-state index contributed by atoms with van der Waals surface area (Å²) in [6, 6.07) is 7.08. The summed E-state index contributed by atoms with van der Waals surface area (Å²) < 4.78 is 1.69. The number of carbonyl (C=O) groups excluding carboxylic acids is 2. The molecule has 0 aliphatic carbocycles. The number of thioether (sulfide) groups is 1. The zero-order valence-electron chi connectivity index (χ0n) is 24.2. The van der Waals surface area contributed by atoms with E-state index in [1.165, 1.54) is 35.3 Å². The summed E-state index contributed by atoms with van der Waals surface area (Å²) in [4.78, 5) is 76.3. The Labute approximate surface area is 282 Å². The van der Waals surface area contributed by atoms with Crippen LogP contribution < -0.4 is 21.2 Å². The van der Waals surface area contributed by atoms with E-state index < -0.39 is 52.5 Å². The number of anilines is 1. The molecule has 1 unspecified atom stereocenters. The molecule has 16 nitrogen and oxygen atoms in total. The van der Waals surface area contributed by atoms with Crippen LogP contribution >= 0.6 is 34.7 Å². The summed E-state index contributed by atoms with van der Waals surface area (Å²) in [6.45, 7) is 0.166. The van der Waals surface area contributed by atoms with Gasteiger partial charge < -0.3 is 36.2 Å². The van der Waals surface area contributed by atoms with Crippen molar-refractivity contribution in [2.24, 2.45) is 5.16 Å². The number of carboxylic acid groups (broad SMARTS) is 2. The van der Waals surface area contributed by atoms with Crippen LogP contribution in [0, 0.1) is 0 Å². The topological polar surface area (TPSA) is 241 Å². The first-order valence-corrected chi connectivity index (χ1v) is 16.1. The van der Waals surface area contributed by atoms with Gasteiger partial charge in [-0.2, -0.15) is 4.57 Å². The summed E-state index contributed by atoms with van der Waals surface area (Å²) in [7, 11) is 0. The van der Waals surface area contributed by atoms with E-state index in [1.54, 1.807) is 29.1 Å². The van der Waals surface area contributed by atoms with Crippen molar-refractivity contribution in [1.82, 2.24) is 20.2 Å². The average Bonchev–Trinajstić information content (AvgIpc) is 3.47. The van der Waals surface area contributed by atoms with Crippen molar-refractivity contribution >= 4 is 80.2 Å². The maximum atomic E-state index is 13.6. The number of nitrogens with one attached hydrogen (secondary N) is 2. The zero-order valence-corrected chi connectivity index (χ0v) is 26.6. The second kappa shape index (κ2) is 13.0. The minimum absolute atomic E-state index is 0.00371. The number of phenolic OH excluding ortho intramolecular Hbond substituents is 1. The molecule has 2 aliphatic heterocycles. The van der Waals surface area contributed by atoms with E-state index in [0.717, 1.165) is 22.3 Å². The van der Waals surface area contributed by atoms with Gasteiger partial charge in [0.15, 0.2) is 29.8 Å². The van der Waals surface area contributed by atoms with Crippen LogP contribution in [0.4, 0.5) is 5.13 Å². The number of H-pyrrole nitrogens is 1. The number of benzene rings is 1. The number of fused-ring (bicyclic) bond motifs is 2. The molecule has 1 saturated heterocycles. The van der Waals surface area contributed by atoms with E-state index in [1.807, 2.05) is 0 Å². The van der Waals surface area contributed by atoms with Gasteiger partial charge in [0.05, 0.1) is 5.52 Å². The lowest BCUT2D eigenvalue weighted by Gasteiger charge is -2.49. The molecule has 1 fully saturated rings. The maximum Gasteiger partial charge on any atom is 0.352 e. The van der Waals surface area contributed by atoms with Gasteiger partial charge in [0.2, 0.25) is 11.7 Å². The molecule has 48 heavy (non-hydrogen) atoms. The molecule has 0 bridgehead atoms. The molecule has 6 rings (SSSR count). The monoisotopic (exact) mass is 712 g/mol. The number of halogens is 1. The number of nitrogen functional groups attached to an aromatic ring is 1. The number of thiazole rings is 1. The third-order valence-electron chi connectivity index (χ3n) is 7.37. The van der Waals surface area contributed by atoms with Gasteiger partial charge >= 0.3 is 11.9 Å². The Morgan fingerprint density at radius 3 is 2.71 bits per heavy atom. The molecule has 7 N–H and O–H groups in total. The molecule has 2 amide bonds. The molecule has 1 aromatic carbocycles. The molecule has 0 spiro atoms. The second-order valence-corrected chi connectivity index (χ2v) is 12.9. The number of oxime groups is 1. The van der Waals surface area contributed by atoms with Gasteiger partial charge in [-0.25, -0.2) is 14.6 Å². The second-order valence-electron chi connectivity index (χ2n) is 10.4. The molecule has 0 saturated carbocycles. The molecular formula is C29H23ClN7O9S2+. The lowest BCUT2D eigenvalue weighted by molar-refractivity contribution is -0.689. The smallest absolute Gasteiger partial charge is 0.352 e. The zero-order chi connectivity index (χ0) is 34.3. The van der Waals surface area contributed by atoms with Crippen molar-refractivity contribution in [3.05, 3.63) is 92.1 Å². The third-order valence-corrected chi connectivity index (χ3v) is 9.61. The van der Waals surface area contributed by atoms with Crippen LogP contribution in [-0.2, 0) is 30.6 Å². The number of carboxylic acids is 2. The number of nitrogens with two attached hydrogens (primary N) is 1. The summed E-state index contributed by atoms with van der Waals surface area (Å²) in [5, 5.41) is 37.9. The number of rotatable bonds is 10. The molecule has 3 aromatic heterocycles. The molecule has 246 valence electrons. The predicted molar refractivity (Wildman–Crippen MR) is 172 cm³/mol. The summed E-state index contributed by atoms with van der Waals surface area (Å²) in [5.74, 6) is -4.55. The Hall–Kier alpha value is -5.46. The van der Waals surface area contributed by atoms with E-state index >= 15 is 0 Å². The number of nitrogens with zero attached hydrogens (tertiary/aromatic N) is 4. The van der Waals surface area contributed by atoms with Gasteiger partial charge in [-0.3, -0.25) is 19.3 Å². The largest absolute Gasteiger partial charge is 0.506 e. The van der Waals surface area contributed by atoms with E-state index in [0.29, 0.717) is 10.6 Å². The highest BCUT2D eigenvalue weighted by atomic mass is 35.5. The van der Waals surface area contributed by atoms with Crippen LogP contribution in [0.3, 0.4) is 0 Å². The first-order valence-electron chi connectivity index (χ1n) is 13.8. The van der Waals surface area contributed by atoms with Crippen molar-refractivity contribution in [3.8, 4) is 5.75 Å². The molecule has 4 aromatic rings. The first-order chi connectivity index (χ1) is 22.9. The highest BCUT2D eigenvalue weighted by Gasteiger charge is 2.55. The van der Waals surface area contributed by atoms with E-state index in [9.17, 15) is 39.3 Å². The van der Waals surface area contributed by atoms with Crippen molar-refractivity contribution in [1.29, 1.82) is 0 Å². The van der Waals surface area contributed by atoms with Crippen molar-refractivity contribution in [2.45, 2.75) is 24.1 Å². The Bertz CT molecular complexity index is 2130. The fraction of sp³-hybridized carbons (Fsp3) is 0.172. The van der Waals surface area contributed by atoms with Gasteiger partial charge in [-0.15, -0.1) is 23.1 Å². The van der Waals surface area contributed by atoms with Crippen LogP contribution in [0.15, 0.2) is 75.4 Å². The summed E-state index contributed by atoms with van der Waals surface area (Å²) in [5.41, 5.74) is 4.87. The van der Waals surface area contributed by atoms with Gasteiger partial charge in [0.25, 0.3) is 11.8 Å². The number of aliphatic carboxylic acids is 2. The van der Waals surface area contributed by atoms with Gasteiger partial charge in [-0.05, 0) is 18.2 Å². The number of β-lactam (4-membered cyclic amide) rings is 1. The SMILES string of the molecule is Nc1nc(/C(=N/OC(C(=O)O)c2ccc(O)c3[nH]c(=O)ccc23)C(=O)N[C@@H]2C(=O)N3C(C(=O)O)=C(C[n+]4cccc(Cl)c4)CS[C@@H]23)cs1. The molecule has 19 heteroatoms. The average molecular weight is 713 g/mol. The fourth-order valence-corrected chi connectivity index (χ4v) is 7.33. The van der Waals surface area contributed by atoms with Crippen LogP contribution in [0.5, 0.6) is 5.75 Å². The number of hydrogen-bond acceptors (Lipinski definition) is 12. The van der Waals surface area contributed by atoms with E-state index in [-0.39, 0.29) is 51.0 Å². The van der Waals surface area contributed by atoms with E-state index in [2.05, 4.69) is 20.4 Å². The van der Waals surface area contributed by atoms with Crippen molar-refractivity contribution in [3.63, 3.8) is 0 Å². The quantitative estimate of drug-likeness (QED) is 0.0588. The molecule has 2 aliphatic rings. The number of amides is 2. The number of pyridine rings is 2. The standard InChI is InChI=1S/C29H22ClN7O9S2/c30-13-2-1-7-36(9-13)8-12-10-47-26-21(25(41)37(26)22(12)27(42)43)34-24(40)20(16-11-48-29(31)32-16)35-46-23(28(44)45)15-3-5-17(38)19-14(15)4-6-18(39)33-19/h1-7,9,11,21,23,26H,8,10H2,(H6-,31,32,33,34,35,38,39,40,42,43,44,45)/p+1/t21-,23?,26+/m1/s1. The minimum atomic E-state index is -1.83. The number of aromatic nitrogens is 3. The number of phenols is 1. The van der Waals surface area contributed by atoms with Gasteiger partial charge in [0.1, 0.15) is 33.6 Å². The number of hydrogen-bond donors (Lipinski definition) is 6. The van der Waals surface area contributed by atoms with Gasteiger partial charge in [0, 0.05) is 39.8 Å². The van der Waals surface area contributed by atoms with Crippen LogP contribution in [0.2, 0.25) is 5.02 Å². The van der Waals surface area contributed by atoms with Crippen LogP contribution in [-0.4, -0.2) is 76.8 Å². The molecular weight excluding hydrogens is 690 g/mol. The Morgan fingerprint density at radius 1 is 1.23 bits per heavy atom. The number of aromatic hydroxyl groups is 1. The molecule has 5 heterocycles. The fourth-order valence-electron chi connectivity index (χ4n) is 5.25. The van der Waals surface area contributed by atoms with Gasteiger partial charge in [-0.1, -0.05) is 22.8 Å². The molecule has 0 radical (unpaired) electrons. The maximum absolute atomic E-state index is 13.6. The minimum Gasteiger partial charge on any atom is -0.506 e. The van der Waals surface area contributed by atoms with Crippen LogP contribution in [0.25, 0.3) is 10.9 Å². The lowest BCUT2D eigenvalue weighted by Crippen LogP contribution is -2.71. The highest BCUT2D eigenvalue weighted by Crippen LogP contribution is 2.40. The van der Waals surface area contributed by atoms with Crippen LogP contribution in [0.1, 0.15) is 17.4 Å². The van der Waals surface area contributed by atoms with Crippen molar-refractivity contribution < 1.29 is 43.9 Å². The van der Waals surface area contributed by atoms with E-state index in [4.69, 9.17) is 22.2 Å². The van der Waals surface area contributed by atoms with Crippen molar-refractivity contribution in [2.75, 3.05) is 11.5 Å². The first kappa shape index (κ1) is 32.5. The molecule has 3 atom stereocenters. The number of aromatic amines is 1. The predicted octanol–water partition coefficient (Wildman–Crippen LogP) is 1.20. The third kappa shape index (κ3) is 6.15. The Kier molecular flexibility index (Phi) is 8.78.